The number of aromatic nitrogens is 1. The molecule has 0 saturated heterocycles. The smallest absolute Gasteiger partial charge is 0.171 e. The van der Waals surface area contributed by atoms with Crippen LogP contribution in [0.15, 0.2) is 30.3 Å². The number of nitrogens with zero attached hydrogens (tertiary/aromatic N) is 1. The van der Waals surface area contributed by atoms with Crippen LogP contribution < -0.4 is 10.6 Å². The van der Waals surface area contributed by atoms with Crippen LogP contribution in [0.3, 0.4) is 0 Å². The van der Waals surface area contributed by atoms with Crippen LogP contribution >= 0.6 is 35.4 Å². The number of hydrogen-bond acceptors (Lipinski definition) is 2. The number of thiocarbonyl (C=S) groups is 1. The van der Waals surface area contributed by atoms with Gasteiger partial charge in [0.2, 0.25) is 0 Å². The maximum Gasteiger partial charge on any atom is 0.171 e. The van der Waals surface area contributed by atoms with Crippen molar-refractivity contribution >= 4 is 46.4 Å². The van der Waals surface area contributed by atoms with Gasteiger partial charge in [-0.05, 0) is 55.7 Å². The number of nitrogens with one attached hydrogen (secondary N) is 2. The molecule has 2 rings (SSSR count). The maximum absolute atomic E-state index is 12.8. The molecule has 2 aromatic rings. The summed E-state index contributed by atoms with van der Waals surface area (Å²) >= 11 is 17.2. The van der Waals surface area contributed by atoms with Crippen molar-refractivity contribution in [3.8, 4) is 0 Å². The third kappa shape index (κ3) is 5.61. The zero-order valence-corrected chi connectivity index (χ0v) is 14.8. The largest absolute Gasteiger partial charge is 0.362 e. The molecule has 0 saturated carbocycles. The van der Waals surface area contributed by atoms with Crippen LogP contribution in [0.2, 0.25) is 10.0 Å². The van der Waals surface area contributed by atoms with Gasteiger partial charge < -0.3 is 10.6 Å². The molecule has 0 fully saturated rings. The molecule has 7 heteroatoms. The third-order valence-corrected chi connectivity index (χ3v) is 4.09. The Morgan fingerprint density at radius 1 is 1.22 bits per heavy atom. The fourth-order valence-corrected chi connectivity index (χ4v) is 2.55. The Labute approximate surface area is 150 Å². The Balaban J connectivity index is 1.77. The fourth-order valence-electron chi connectivity index (χ4n) is 1.94. The van der Waals surface area contributed by atoms with Crippen LogP contribution in [0.1, 0.15) is 17.7 Å². The summed E-state index contributed by atoms with van der Waals surface area (Å²) in [6.45, 7) is 2.48. The van der Waals surface area contributed by atoms with E-state index in [4.69, 9.17) is 35.4 Å². The van der Waals surface area contributed by atoms with E-state index in [9.17, 15) is 4.39 Å². The monoisotopic (exact) mass is 371 g/mol. The molecule has 1 aromatic heterocycles. The summed E-state index contributed by atoms with van der Waals surface area (Å²) in [5.41, 5.74) is 1.77. The molecule has 2 N–H and O–H groups in total. The summed E-state index contributed by atoms with van der Waals surface area (Å²) in [7, 11) is 0. The molecule has 0 amide bonds. The van der Waals surface area contributed by atoms with Crippen molar-refractivity contribution in [2.45, 2.75) is 19.8 Å². The van der Waals surface area contributed by atoms with Crippen LogP contribution in [0, 0.1) is 12.7 Å². The number of pyridine rings is 1. The first kappa shape index (κ1) is 17.9. The SMILES string of the molecule is Cc1nc(NC(=S)NCCCc2ccc(F)cc2)c(Cl)cc1Cl. The van der Waals surface area contributed by atoms with Gasteiger partial charge in [0.05, 0.1) is 15.7 Å². The van der Waals surface area contributed by atoms with E-state index in [1.165, 1.54) is 12.1 Å². The summed E-state index contributed by atoms with van der Waals surface area (Å²) in [4.78, 5) is 4.26. The third-order valence-electron chi connectivity index (χ3n) is 3.18. The van der Waals surface area contributed by atoms with E-state index in [2.05, 4.69) is 15.6 Å². The Morgan fingerprint density at radius 3 is 2.61 bits per heavy atom. The summed E-state index contributed by atoms with van der Waals surface area (Å²) in [5.74, 6) is 0.254. The van der Waals surface area contributed by atoms with Gasteiger partial charge in [0.25, 0.3) is 0 Å². The first-order valence-corrected chi connectivity index (χ1v) is 8.24. The molecule has 0 atom stereocenters. The topological polar surface area (TPSA) is 37.0 Å². The average molecular weight is 372 g/mol. The van der Waals surface area contributed by atoms with Crippen molar-refractivity contribution in [2.75, 3.05) is 11.9 Å². The van der Waals surface area contributed by atoms with Crippen LogP contribution in [0.4, 0.5) is 10.2 Å². The first-order chi connectivity index (χ1) is 11.0. The van der Waals surface area contributed by atoms with Gasteiger partial charge in [-0.25, -0.2) is 9.37 Å². The average Bonchev–Trinajstić information content (AvgIpc) is 2.51. The van der Waals surface area contributed by atoms with Gasteiger partial charge in [-0.3, -0.25) is 0 Å². The van der Waals surface area contributed by atoms with E-state index >= 15 is 0 Å². The van der Waals surface area contributed by atoms with E-state index in [-0.39, 0.29) is 5.82 Å². The molecule has 0 radical (unpaired) electrons. The van der Waals surface area contributed by atoms with E-state index in [0.717, 1.165) is 18.4 Å². The van der Waals surface area contributed by atoms with Crippen LogP contribution in [-0.2, 0) is 6.42 Å². The standard InChI is InChI=1S/C16H16Cl2FN3S/c1-10-13(17)9-14(18)15(21-10)22-16(23)20-8-2-3-11-4-6-12(19)7-5-11/h4-7,9H,2-3,8H2,1H3,(H2,20,21,22,23). The number of anilines is 1. The minimum atomic E-state index is -0.222. The second-order valence-electron chi connectivity index (χ2n) is 5.00. The summed E-state index contributed by atoms with van der Waals surface area (Å²) in [6.07, 6.45) is 1.71. The van der Waals surface area contributed by atoms with Crippen molar-refractivity contribution in [3.63, 3.8) is 0 Å². The van der Waals surface area contributed by atoms with Gasteiger partial charge in [0, 0.05) is 6.54 Å². The maximum atomic E-state index is 12.8. The number of aryl methyl sites for hydroxylation is 2. The molecule has 0 bridgehead atoms. The van der Waals surface area contributed by atoms with Gasteiger partial charge in [-0.15, -0.1) is 0 Å². The minimum absolute atomic E-state index is 0.222. The lowest BCUT2D eigenvalue weighted by atomic mass is 10.1. The Morgan fingerprint density at radius 2 is 1.91 bits per heavy atom. The van der Waals surface area contributed by atoms with Crippen LogP contribution in [-0.4, -0.2) is 16.6 Å². The highest BCUT2D eigenvalue weighted by Crippen LogP contribution is 2.25. The zero-order chi connectivity index (χ0) is 16.8. The first-order valence-electron chi connectivity index (χ1n) is 7.07. The van der Waals surface area contributed by atoms with Crippen molar-refractivity contribution in [1.82, 2.24) is 10.3 Å². The number of halogens is 3. The van der Waals surface area contributed by atoms with E-state index in [1.807, 2.05) is 0 Å². The second kappa shape index (κ2) is 8.43. The highest BCUT2D eigenvalue weighted by Gasteiger charge is 2.07. The van der Waals surface area contributed by atoms with Gasteiger partial charge in [0.1, 0.15) is 5.82 Å². The lowest BCUT2D eigenvalue weighted by Gasteiger charge is -2.12. The Kier molecular flexibility index (Phi) is 6.57. The molecule has 122 valence electrons. The van der Waals surface area contributed by atoms with Gasteiger partial charge in [-0.2, -0.15) is 0 Å². The molecule has 0 aliphatic carbocycles. The number of benzene rings is 1. The molecule has 0 spiro atoms. The molecule has 3 nitrogen and oxygen atoms in total. The molecule has 1 aromatic carbocycles. The fraction of sp³-hybridized carbons (Fsp3) is 0.250. The number of rotatable bonds is 5. The molecular weight excluding hydrogens is 356 g/mol. The molecular formula is C16H16Cl2FN3S. The quantitative estimate of drug-likeness (QED) is 0.587. The highest BCUT2D eigenvalue weighted by molar-refractivity contribution is 7.80. The predicted octanol–water partition coefficient (Wildman–Crippen LogP) is 4.76. The predicted molar refractivity (Wildman–Crippen MR) is 97.9 cm³/mol. The minimum Gasteiger partial charge on any atom is -0.362 e. The van der Waals surface area contributed by atoms with Crippen molar-refractivity contribution < 1.29 is 4.39 Å². The van der Waals surface area contributed by atoms with E-state index in [0.29, 0.717) is 33.2 Å². The van der Waals surface area contributed by atoms with Gasteiger partial charge in [0.15, 0.2) is 10.9 Å². The molecule has 23 heavy (non-hydrogen) atoms. The highest BCUT2D eigenvalue weighted by atomic mass is 35.5. The van der Waals surface area contributed by atoms with Crippen molar-refractivity contribution in [3.05, 3.63) is 57.5 Å². The van der Waals surface area contributed by atoms with Crippen LogP contribution in [0.25, 0.3) is 0 Å². The summed E-state index contributed by atoms with van der Waals surface area (Å²) < 4.78 is 12.8. The van der Waals surface area contributed by atoms with Crippen molar-refractivity contribution in [2.24, 2.45) is 0 Å². The zero-order valence-electron chi connectivity index (χ0n) is 12.5. The summed E-state index contributed by atoms with van der Waals surface area (Å²) in [6, 6.07) is 8.13. The van der Waals surface area contributed by atoms with Crippen molar-refractivity contribution in [1.29, 1.82) is 0 Å². The van der Waals surface area contributed by atoms with Gasteiger partial charge >= 0.3 is 0 Å². The normalized spacial score (nSPS) is 10.4. The Bertz CT molecular complexity index is 692. The number of hydrogen-bond donors (Lipinski definition) is 2. The Hall–Kier alpha value is -1.43. The lowest BCUT2D eigenvalue weighted by Crippen LogP contribution is -2.30. The van der Waals surface area contributed by atoms with E-state index in [1.54, 1.807) is 25.1 Å². The second-order valence-corrected chi connectivity index (χ2v) is 6.22. The molecule has 0 aliphatic heterocycles. The molecule has 1 heterocycles. The lowest BCUT2D eigenvalue weighted by molar-refractivity contribution is 0.626. The van der Waals surface area contributed by atoms with Crippen LogP contribution in [0.5, 0.6) is 0 Å². The van der Waals surface area contributed by atoms with Gasteiger partial charge in [-0.1, -0.05) is 35.3 Å². The molecule has 0 unspecified atom stereocenters. The summed E-state index contributed by atoms with van der Waals surface area (Å²) in [5, 5.41) is 7.41. The van der Waals surface area contributed by atoms with E-state index < -0.39 is 0 Å². The molecule has 0 aliphatic rings.